The predicted octanol–water partition coefficient (Wildman–Crippen LogP) is 3.22. The zero-order valence-electron chi connectivity index (χ0n) is 10.6. The van der Waals surface area contributed by atoms with Gasteiger partial charge >= 0.3 is 0 Å². The van der Waals surface area contributed by atoms with Crippen LogP contribution in [0.3, 0.4) is 0 Å². The van der Waals surface area contributed by atoms with Gasteiger partial charge in [-0.25, -0.2) is 0 Å². The lowest BCUT2D eigenvalue weighted by molar-refractivity contribution is 0.269. The molecule has 1 aromatic carbocycles. The third kappa shape index (κ3) is 3.24. The summed E-state index contributed by atoms with van der Waals surface area (Å²) in [5.74, 6) is 0. The van der Waals surface area contributed by atoms with Crippen LogP contribution in [0.25, 0.3) is 0 Å². The van der Waals surface area contributed by atoms with E-state index in [2.05, 4.69) is 39.1 Å². The Morgan fingerprint density at radius 3 is 2.83 bits per heavy atom. The SMILES string of the molecule is CC(CNc1ccc(Br)cc1C#N)N1CCCC1. The molecule has 0 radical (unpaired) electrons. The van der Waals surface area contributed by atoms with Crippen LogP contribution in [-0.4, -0.2) is 30.6 Å². The van der Waals surface area contributed by atoms with E-state index in [0.717, 1.165) is 16.7 Å². The first-order valence-electron chi connectivity index (χ1n) is 6.38. The molecular formula is C14H18BrN3. The van der Waals surface area contributed by atoms with Gasteiger partial charge in [0.25, 0.3) is 0 Å². The minimum absolute atomic E-state index is 0.516. The molecular weight excluding hydrogens is 290 g/mol. The average molecular weight is 308 g/mol. The van der Waals surface area contributed by atoms with Crippen LogP contribution in [0.5, 0.6) is 0 Å². The van der Waals surface area contributed by atoms with E-state index in [1.54, 1.807) is 0 Å². The minimum atomic E-state index is 0.516. The molecule has 4 heteroatoms. The van der Waals surface area contributed by atoms with E-state index in [0.29, 0.717) is 11.6 Å². The van der Waals surface area contributed by atoms with Gasteiger partial charge in [0.15, 0.2) is 0 Å². The third-order valence-corrected chi connectivity index (χ3v) is 3.95. The van der Waals surface area contributed by atoms with Crippen molar-refractivity contribution in [2.75, 3.05) is 25.0 Å². The lowest BCUT2D eigenvalue weighted by Crippen LogP contribution is -2.35. The molecule has 2 rings (SSSR count). The maximum Gasteiger partial charge on any atom is 0.101 e. The van der Waals surface area contributed by atoms with Gasteiger partial charge in [-0.2, -0.15) is 5.26 Å². The van der Waals surface area contributed by atoms with Gasteiger partial charge in [-0.1, -0.05) is 15.9 Å². The van der Waals surface area contributed by atoms with Crippen molar-refractivity contribution in [2.24, 2.45) is 0 Å². The van der Waals surface area contributed by atoms with Crippen molar-refractivity contribution in [1.29, 1.82) is 5.26 Å². The standard InChI is InChI=1S/C14H18BrN3/c1-11(18-6-2-3-7-18)10-17-14-5-4-13(15)8-12(14)9-16/h4-5,8,11,17H,2-3,6-7,10H2,1H3. The van der Waals surface area contributed by atoms with E-state index in [1.807, 2.05) is 18.2 Å². The molecule has 1 unspecified atom stereocenters. The van der Waals surface area contributed by atoms with Crippen molar-refractivity contribution < 1.29 is 0 Å². The van der Waals surface area contributed by atoms with Crippen LogP contribution >= 0.6 is 15.9 Å². The second kappa shape index (κ2) is 6.21. The van der Waals surface area contributed by atoms with Gasteiger partial charge in [0, 0.05) is 17.1 Å². The molecule has 1 aromatic rings. The molecule has 3 nitrogen and oxygen atoms in total. The fourth-order valence-corrected chi connectivity index (χ4v) is 2.69. The molecule has 1 N–H and O–H groups in total. The number of halogens is 1. The topological polar surface area (TPSA) is 39.1 Å². The van der Waals surface area contributed by atoms with E-state index in [-0.39, 0.29) is 0 Å². The smallest absolute Gasteiger partial charge is 0.101 e. The Hall–Kier alpha value is -1.05. The lowest BCUT2D eigenvalue weighted by Gasteiger charge is -2.24. The van der Waals surface area contributed by atoms with E-state index in [9.17, 15) is 0 Å². The normalized spacial score (nSPS) is 17.4. The highest BCUT2D eigenvalue weighted by Crippen LogP contribution is 2.20. The van der Waals surface area contributed by atoms with Crippen molar-refractivity contribution in [2.45, 2.75) is 25.8 Å². The number of benzene rings is 1. The Morgan fingerprint density at radius 1 is 1.44 bits per heavy atom. The minimum Gasteiger partial charge on any atom is -0.382 e. The quantitative estimate of drug-likeness (QED) is 0.928. The van der Waals surface area contributed by atoms with Gasteiger partial charge in [-0.15, -0.1) is 0 Å². The summed E-state index contributed by atoms with van der Waals surface area (Å²) in [4.78, 5) is 2.50. The molecule has 1 saturated heterocycles. The first kappa shape index (κ1) is 13.4. The van der Waals surface area contributed by atoms with Gasteiger partial charge in [0.1, 0.15) is 6.07 Å². The van der Waals surface area contributed by atoms with Crippen molar-refractivity contribution >= 4 is 21.6 Å². The summed E-state index contributed by atoms with van der Waals surface area (Å²) in [6.07, 6.45) is 2.62. The van der Waals surface area contributed by atoms with E-state index in [4.69, 9.17) is 5.26 Å². The second-order valence-corrected chi connectivity index (χ2v) is 5.69. The number of nitrogens with zero attached hydrogens (tertiary/aromatic N) is 2. The summed E-state index contributed by atoms with van der Waals surface area (Å²) in [5, 5.41) is 12.5. The number of likely N-dealkylation sites (tertiary alicyclic amines) is 1. The van der Waals surface area contributed by atoms with E-state index < -0.39 is 0 Å². The largest absolute Gasteiger partial charge is 0.382 e. The van der Waals surface area contributed by atoms with Crippen LogP contribution in [0.4, 0.5) is 5.69 Å². The van der Waals surface area contributed by atoms with Gasteiger partial charge in [-0.05, 0) is 51.1 Å². The third-order valence-electron chi connectivity index (χ3n) is 3.45. The highest BCUT2D eigenvalue weighted by molar-refractivity contribution is 9.10. The number of nitrogens with one attached hydrogen (secondary N) is 1. The summed E-state index contributed by atoms with van der Waals surface area (Å²) >= 11 is 3.38. The summed E-state index contributed by atoms with van der Waals surface area (Å²) in [5.41, 5.74) is 1.62. The predicted molar refractivity (Wildman–Crippen MR) is 77.6 cm³/mol. The van der Waals surface area contributed by atoms with Crippen LogP contribution in [0, 0.1) is 11.3 Å². The zero-order chi connectivity index (χ0) is 13.0. The molecule has 1 atom stereocenters. The number of anilines is 1. The Morgan fingerprint density at radius 2 is 2.17 bits per heavy atom. The first-order valence-corrected chi connectivity index (χ1v) is 7.17. The first-order chi connectivity index (χ1) is 8.70. The molecule has 1 aliphatic heterocycles. The molecule has 0 bridgehead atoms. The second-order valence-electron chi connectivity index (χ2n) is 4.77. The van der Waals surface area contributed by atoms with Crippen molar-refractivity contribution in [3.63, 3.8) is 0 Å². The van der Waals surface area contributed by atoms with Gasteiger partial charge < -0.3 is 5.32 Å². The Kier molecular flexibility index (Phi) is 4.62. The number of hydrogen-bond donors (Lipinski definition) is 1. The van der Waals surface area contributed by atoms with Crippen LogP contribution < -0.4 is 5.32 Å². The molecule has 1 fully saturated rings. The van der Waals surface area contributed by atoms with Gasteiger partial charge in [0.2, 0.25) is 0 Å². The average Bonchev–Trinajstić information content (AvgIpc) is 2.90. The maximum absolute atomic E-state index is 9.10. The number of nitriles is 1. The highest BCUT2D eigenvalue weighted by atomic mass is 79.9. The summed E-state index contributed by atoms with van der Waals surface area (Å²) < 4.78 is 0.942. The fourth-order valence-electron chi connectivity index (χ4n) is 2.33. The van der Waals surface area contributed by atoms with Gasteiger partial charge in [0.05, 0.1) is 11.3 Å². The molecule has 0 spiro atoms. The van der Waals surface area contributed by atoms with Crippen LogP contribution in [0.2, 0.25) is 0 Å². The van der Waals surface area contributed by atoms with Crippen molar-refractivity contribution in [3.8, 4) is 6.07 Å². The van der Waals surface area contributed by atoms with Crippen molar-refractivity contribution in [3.05, 3.63) is 28.2 Å². The van der Waals surface area contributed by atoms with Crippen LogP contribution in [-0.2, 0) is 0 Å². The lowest BCUT2D eigenvalue weighted by atomic mass is 10.2. The molecule has 0 aliphatic carbocycles. The molecule has 1 heterocycles. The highest BCUT2D eigenvalue weighted by Gasteiger charge is 2.17. The molecule has 0 aromatic heterocycles. The summed E-state index contributed by atoms with van der Waals surface area (Å²) in [6, 6.07) is 8.51. The monoisotopic (exact) mass is 307 g/mol. The van der Waals surface area contributed by atoms with E-state index in [1.165, 1.54) is 25.9 Å². The van der Waals surface area contributed by atoms with E-state index >= 15 is 0 Å². The molecule has 0 saturated carbocycles. The number of hydrogen-bond acceptors (Lipinski definition) is 3. The van der Waals surface area contributed by atoms with Crippen molar-refractivity contribution in [1.82, 2.24) is 4.90 Å². The maximum atomic E-state index is 9.10. The zero-order valence-corrected chi connectivity index (χ0v) is 12.2. The molecule has 96 valence electrons. The van der Waals surface area contributed by atoms with Crippen LogP contribution in [0.15, 0.2) is 22.7 Å². The summed E-state index contributed by atoms with van der Waals surface area (Å²) in [6.45, 7) is 5.53. The molecule has 1 aliphatic rings. The Labute approximate surface area is 117 Å². The van der Waals surface area contributed by atoms with Gasteiger partial charge in [-0.3, -0.25) is 4.90 Å². The fraction of sp³-hybridized carbons (Fsp3) is 0.500. The summed E-state index contributed by atoms with van der Waals surface area (Å²) in [7, 11) is 0. The van der Waals surface area contributed by atoms with Crippen LogP contribution in [0.1, 0.15) is 25.3 Å². The molecule has 18 heavy (non-hydrogen) atoms. The Balaban J connectivity index is 1.95. The number of rotatable bonds is 4. The Bertz CT molecular complexity index is 447. The molecule has 0 amide bonds.